The lowest BCUT2D eigenvalue weighted by molar-refractivity contribution is -0.00128. The maximum absolute atomic E-state index is 5.75. The van der Waals surface area contributed by atoms with E-state index >= 15 is 0 Å². The van der Waals surface area contributed by atoms with Gasteiger partial charge in [-0.25, -0.2) is 0 Å². The molecule has 2 aliphatic rings. The Kier molecular flexibility index (Phi) is 6.93. The molecular weight excluding hydrogens is 262 g/mol. The summed E-state index contributed by atoms with van der Waals surface area (Å²) < 4.78 is 5.75. The van der Waals surface area contributed by atoms with Gasteiger partial charge in [0.25, 0.3) is 0 Å². The van der Waals surface area contributed by atoms with Crippen LogP contribution in [0.2, 0.25) is 0 Å². The maximum atomic E-state index is 5.75. The van der Waals surface area contributed by atoms with E-state index in [4.69, 9.17) is 4.74 Å². The Labute approximate surface area is 131 Å². The second-order valence-corrected chi connectivity index (χ2v) is 7.47. The molecule has 124 valence electrons. The van der Waals surface area contributed by atoms with Crippen molar-refractivity contribution < 1.29 is 4.74 Å². The molecule has 0 aromatic rings. The highest BCUT2D eigenvalue weighted by atomic mass is 16.5. The molecule has 2 fully saturated rings. The molecule has 2 rings (SSSR count). The van der Waals surface area contributed by atoms with Gasteiger partial charge >= 0.3 is 0 Å². The van der Waals surface area contributed by atoms with E-state index in [0.29, 0.717) is 6.17 Å². The highest BCUT2D eigenvalue weighted by molar-refractivity contribution is 4.81. The van der Waals surface area contributed by atoms with Gasteiger partial charge in [0.05, 0.1) is 18.4 Å². The predicted octanol–water partition coefficient (Wildman–Crippen LogP) is 2.30. The first kappa shape index (κ1) is 17.2. The Morgan fingerprint density at radius 3 is 1.90 bits per heavy atom. The number of nitrogens with zero attached hydrogens (tertiary/aromatic N) is 2. The molecule has 2 saturated heterocycles. The van der Waals surface area contributed by atoms with E-state index in [1.54, 1.807) is 0 Å². The van der Waals surface area contributed by atoms with Crippen LogP contribution in [0.1, 0.15) is 52.9 Å². The van der Waals surface area contributed by atoms with Crippen LogP contribution in [0.4, 0.5) is 0 Å². The zero-order valence-corrected chi connectivity index (χ0v) is 14.4. The lowest BCUT2D eigenvalue weighted by atomic mass is 10.2. The third-order valence-electron chi connectivity index (χ3n) is 4.52. The Morgan fingerprint density at radius 2 is 1.43 bits per heavy atom. The second kappa shape index (κ2) is 8.47. The van der Waals surface area contributed by atoms with E-state index < -0.39 is 0 Å². The molecule has 2 aliphatic heterocycles. The van der Waals surface area contributed by atoms with Gasteiger partial charge in [0.2, 0.25) is 0 Å². The SMILES string of the molecule is CC(C)(C)OCCNCCC(N1CCCC1)N1CCCC1. The molecule has 0 atom stereocenters. The fraction of sp³-hybridized carbons (Fsp3) is 1.00. The van der Waals surface area contributed by atoms with Crippen molar-refractivity contribution >= 4 is 0 Å². The van der Waals surface area contributed by atoms with Crippen molar-refractivity contribution in [3.8, 4) is 0 Å². The molecule has 0 amide bonds. The molecule has 0 aromatic heterocycles. The smallest absolute Gasteiger partial charge is 0.0634 e. The van der Waals surface area contributed by atoms with Crippen LogP contribution in [0.15, 0.2) is 0 Å². The van der Waals surface area contributed by atoms with Crippen molar-refractivity contribution in [2.24, 2.45) is 0 Å². The van der Waals surface area contributed by atoms with Crippen molar-refractivity contribution in [3.63, 3.8) is 0 Å². The van der Waals surface area contributed by atoms with E-state index in [-0.39, 0.29) is 5.60 Å². The average molecular weight is 297 g/mol. The highest BCUT2D eigenvalue weighted by Gasteiger charge is 2.28. The van der Waals surface area contributed by atoms with E-state index in [2.05, 4.69) is 35.9 Å². The fourth-order valence-electron chi connectivity index (χ4n) is 3.46. The summed E-state index contributed by atoms with van der Waals surface area (Å²) in [5.74, 6) is 0. The molecule has 1 N–H and O–H groups in total. The van der Waals surface area contributed by atoms with Gasteiger partial charge in [-0.3, -0.25) is 9.80 Å². The molecule has 0 unspecified atom stereocenters. The van der Waals surface area contributed by atoms with E-state index in [1.807, 2.05) is 0 Å². The van der Waals surface area contributed by atoms with Gasteiger partial charge < -0.3 is 10.1 Å². The van der Waals surface area contributed by atoms with Gasteiger partial charge in [-0.05, 0) is 85.6 Å². The number of nitrogens with one attached hydrogen (secondary N) is 1. The van der Waals surface area contributed by atoms with Crippen molar-refractivity contribution in [1.29, 1.82) is 0 Å². The third-order valence-corrected chi connectivity index (χ3v) is 4.52. The largest absolute Gasteiger partial charge is 0.375 e. The highest BCUT2D eigenvalue weighted by Crippen LogP contribution is 2.21. The van der Waals surface area contributed by atoms with Crippen LogP contribution in [0.5, 0.6) is 0 Å². The van der Waals surface area contributed by atoms with Crippen LogP contribution in [0.25, 0.3) is 0 Å². The molecule has 0 spiro atoms. The molecule has 2 heterocycles. The standard InChI is InChI=1S/C17H35N3O/c1-17(2,3)21-15-10-18-9-8-16(19-11-4-5-12-19)20-13-6-7-14-20/h16,18H,4-15H2,1-3H3. The van der Waals surface area contributed by atoms with Crippen molar-refractivity contribution in [3.05, 3.63) is 0 Å². The summed E-state index contributed by atoms with van der Waals surface area (Å²) in [6, 6.07) is 0. The molecule has 0 aromatic carbocycles. The fourth-order valence-corrected chi connectivity index (χ4v) is 3.46. The molecule has 0 aliphatic carbocycles. The van der Waals surface area contributed by atoms with Crippen LogP contribution in [-0.4, -0.2) is 67.4 Å². The number of hydrogen-bond donors (Lipinski definition) is 1. The summed E-state index contributed by atoms with van der Waals surface area (Å²) in [6.07, 6.45) is 7.46. The van der Waals surface area contributed by atoms with Crippen LogP contribution < -0.4 is 5.32 Å². The topological polar surface area (TPSA) is 27.7 Å². The van der Waals surface area contributed by atoms with Crippen molar-refractivity contribution in [1.82, 2.24) is 15.1 Å². The first-order valence-electron chi connectivity index (χ1n) is 8.89. The van der Waals surface area contributed by atoms with E-state index in [9.17, 15) is 0 Å². The summed E-state index contributed by atoms with van der Waals surface area (Å²) in [5.41, 5.74) is -0.0185. The second-order valence-electron chi connectivity index (χ2n) is 7.47. The molecule has 0 radical (unpaired) electrons. The molecular formula is C17H35N3O. The lowest BCUT2D eigenvalue weighted by Gasteiger charge is -2.35. The molecule has 21 heavy (non-hydrogen) atoms. The molecule has 4 nitrogen and oxygen atoms in total. The van der Waals surface area contributed by atoms with Gasteiger partial charge in [0, 0.05) is 6.54 Å². The van der Waals surface area contributed by atoms with Gasteiger partial charge in [-0.2, -0.15) is 0 Å². The van der Waals surface area contributed by atoms with E-state index in [1.165, 1.54) is 58.3 Å². The minimum absolute atomic E-state index is 0.0185. The Morgan fingerprint density at radius 1 is 0.905 bits per heavy atom. The first-order chi connectivity index (χ1) is 10.1. The summed E-state index contributed by atoms with van der Waals surface area (Å²) in [5, 5.41) is 3.56. The predicted molar refractivity (Wildman–Crippen MR) is 88.6 cm³/mol. The Balaban J connectivity index is 1.64. The Hall–Kier alpha value is -0.160. The zero-order chi connectivity index (χ0) is 15.1. The lowest BCUT2D eigenvalue weighted by Crippen LogP contribution is -2.47. The number of ether oxygens (including phenoxy) is 1. The monoisotopic (exact) mass is 297 g/mol. The first-order valence-corrected chi connectivity index (χ1v) is 8.89. The van der Waals surface area contributed by atoms with Crippen LogP contribution >= 0.6 is 0 Å². The molecule has 0 saturated carbocycles. The van der Waals surface area contributed by atoms with Crippen molar-refractivity contribution in [2.75, 3.05) is 45.9 Å². The van der Waals surface area contributed by atoms with Gasteiger partial charge in [0.15, 0.2) is 0 Å². The zero-order valence-electron chi connectivity index (χ0n) is 14.4. The van der Waals surface area contributed by atoms with E-state index in [0.717, 1.165) is 19.7 Å². The van der Waals surface area contributed by atoms with Gasteiger partial charge in [-0.15, -0.1) is 0 Å². The van der Waals surface area contributed by atoms with Crippen LogP contribution in [-0.2, 0) is 4.74 Å². The van der Waals surface area contributed by atoms with Gasteiger partial charge in [0.1, 0.15) is 0 Å². The maximum Gasteiger partial charge on any atom is 0.0634 e. The summed E-state index contributed by atoms with van der Waals surface area (Å²) in [6.45, 7) is 14.4. The van der Waals surface area contributed by atoms with Gasteiger partial charge in [-0.1, -0.05) is 0 Å². The molecule has 4 heteroatoms. The normalized spacial score (nSPS) is 21.7. The van der Waals surface area contributed by atoms with Crippen LogP contribution in [0.3, 0.4) is 0 Å². The minimum Gasteiger partial charge on any atom is -0.375 e. The minimum atomic E-state index is -0.0185. The average Bonchev–Trinajstić information content (AvgIpc) is 3.10. The summed E-state index contributed by atoms with van der Waals surface area (Å²) in [4.78, 5) is 5.41. The van der Waals surface area contributed by atoms with Crippen LogP contribution in [0, 0.1) is 0 Å². The quantitative estimate of drug-likeness (QED) is 0.696. The summed E-state index contributed by atoms with van der Waals surface area (Å²) in [7, 11) is 0. The summed E-state index contributed by atoms with van der Waals surface area (Å²) >= 11 is 0. The number of hydrogen-bond acceptors (Lipinski definition) is 4. The van der Waals surface area contributed by atoms with Crippen molar-refractivity contribution in [2.45, 2.75) is 64.6 Å². The molecule has 0 bridgehead atoms. The number of rotatable bonds is 8. The Bertz CT molecular complexity index is 262. The third kappa shape index (κ3) is 6.23. The number of likely N-dealkylation sites (tertiary alicyclic amines) is 2.